The molecule has 2 aromatic rings. The Bertz CT molecular complexity index is 994. The van der Waals surface area contributed by atoms with Gasteiger partial charge in [-0.3, -0.25) is 4.90 Å². The molecule has 3 rings (SSSR count). The van der Waals surface area contributed by atoms with Gasteiger partial charge in [-0.2, -0.15) is 4.31 Å². The van der Waals surface area contributed by atoms with Crippen molar-refractivity contribution in [1.82, 2.24) is 9.21 Å². The van der Waals surface area contributed by atoms with Crippen LogP contribution >= 0.6 is 11.6 Å². The number of sulfonamides is 1. The normalized spacial score (nSPS) is 17.1. The van der Waals surface area contributed by atoms with E-state index in [9.17, 15) is 22.0 Å². The lowest BCUT2D eigenvalue weighted by atomic mass is 10.0. The summed E-state index contributed by atoms with van der Waals surface area (Å²) in [5, 5.41) is 0.528. The molecule has 0 bridgehead atoms. The van der Waals surface area contributed by atoms with Gasteiger partial charge in [-0.25, -0.2) is 22.0 Å². The molecule has 1 fully saturated rings. The standard InChI is InChI=1S/C19H19ClF2N2O4S/c1-28-19(25)18(13-2-4-14(20)5-3-13)23-8-10-24(11-9-23)29(26,27)15-6-7-16(21)17(22)12-15/h2-7,12,18H,8-11H2,1H3/t18-/m0/s1. The first-order chi connectivity index (χ1) is 13.7. The Kier molecular flexibility index (Phi) is 6.52. The first kappa shape index (κ1) is 21.6. The van der Waals surface area contributed by atoms with Crippen LogP contribution in [0, 0.1) is 11.6 Å². The van der Waals surface area contributed by atoms with E-state index >= 15 is 0 Å². The Morgan fingerprint density at radius 1 is 1.03 bits per heavy atom. The third kappa shape index (κ3) is 4.58. The average molecular weight is 445 g/mol. The number of piperazine rings is 1. The Labute approximate surface area is 172 Å². The highest BCUT2D eigenvalue weighted by Crippen LogP contribution is 2.27. The van der Waals surface area contributed by atoms with E-state index in [1.54, 1.807) is 24.3 Å². The summed E-state index contributed by atoms with van der Waals surface area (Å²) in [6.45, 7) is 0.682. The summed E-state index contributed by atoms with van der Waals surface area (Å²) in [6.07, 6.45) is 0. The molecule has 1 aliphatic heterocycles. The molecule has 0 N–H and O–H groups in total. The number of halogens is 3. The summed E-state index contributed by atoms with van der Waals surface area (Å²) in [5.41, 5.74) is 0.679. The van der Waals surface area contributed by atoms with Gasteiger partial charge in [-0.05, 0) is 35.9 Å². The summed E-state index contributed by atoms with van der Waals surface area (Å²) in [5.74, 6) is -2.81. The van der Waals surface area contributed by atoms with Gasteiger partial charge in [0.1, 0.15) is 6.04 Å². The molecule has 156 valence electrons. The van der Waals surface area contributed by atoms with Gasteiger partial charge in [0.15, 0.2) is 11.6 Å². The Hall–Kier alpha value is -2.07. The topological polar surface area (TPSA) is 66.9 Å². The van der Waals surface area contributed by atoms with Crippen molar-refractivity contribution in [3.8, 4) is 0 Å². The highest BCUT2D eigenvalue weighted by molar-refractivity contribution is 7.89. The van der Waals surface area contributed by atoms with Crippen molar-refractivity contribution in [3.05, 3.63) is 64.7 Å². The highest BCUT2D eigenvalue weighted by atomic mass is 35.5. The van der Waals surface area contributed by atoms with Crippen molar-refractivity contribution < 1.29 is 26.7 Å². The second-order valence-electron chi connectivity index (χ2n) is 6.49. The summed E-state index contributed by atoms with van der Waals surface area (Å²) in [7, 11) is -2.69. The molecule has 1 atom stereocenters. The van der Waals surface area contributed by atoms with Crippen molar-refractivity contribution in [3.63, 3.8) is 0 Å². The monoisotopic (exact) mass is 444 g/mol. The smallest absolute Gasteiger partial charge is 0.327 e. The first-order valence-corrected chi connectivity index (χ1v) is 10.6. The fourth-order valence-corrected chi connectivity index (χ4v) is 4.80. The average Bonchev–Trinajstić information content (AvgIpc) is 2.71. The van der Waals surface area contributed by atoms with E-state index in [4.69, 9.17) is 16.3 Å². The molecule has 6 nitrogen and oxygen atoms in total. The Morgan fingerprint density at radius 2 is 1.66 bits per heavy atom. The van der Waals surface area contributed by atoms with Crippen LogP contribution in [0.3, 0.4) is 0 Å². The molecule has 0 saturated carbocycles. The molecule has 0 radical (unpaired) electrons. The van der Waals surface area contributed by atoms with E-state index in [0.717, 1.165) is 12.1 Å². The molecule has 0 aromatic heterocycles. The largest absolute Gasteiger partial charge is 0.468 e. The van der Waals surface area contributed by atoms with Gasteiger partial charge in [0.05, 0.1) is 12.0 Å². The Morgan fingerprint density at radius 3 is 2.21 bits per heavy atom. The maximum absolute atomic E-state index is 13.5. The predicted octanol–water partition coefficient (Wildman–Crippen LogP) is 2.84. The van der Waals surface area contributed by atoms with E-state index in [1.807, 2.05) is 4.90 Å². The van der Waals surface area contributed by atoms with Crippen LogP contribution in [-0.2, 0) is 19.6 Å². The van der Waals surface area contributed by atoms with Crippen molar-refractivity contribution >= 4 is 27.6 Å². The summed E-state index contributed by atoms with van der Waals surface area (Å²) >= 11 is 5.91. The molecular weight excluding hydrogens is 426 g/mol. The number of ether oxygens (including phenoxy) is 1. The van der Waals surface area contributed by atoms with Gasteiger partial charge in [0.2, 0.25) is 10.0 Å². The Balaban J connectivity index is 1.77. The lowest BCUT2D eigenvalue weighted by molar-refractivity contribution is -0.147. The summed E-state index contributed by atoms with van der Waals surface area (Å²) in [4.78, 5) is 13.9. The zero-order chi connectivity index (χ0) is 21.2. The molecule has 29 heavy (non-hydrogen) atoms. The van der Waals surface area contributed by atoms with Crippen LogP contribution < -0.4 is 0 Å². The number of methoxy groups -OCH3 is 1. The van der Waals surface area contributed by atoms with E-state index < -0.39 is 33.7 Å². The van der Waals surface area contributed by atoms with Gasteiger partial charge in [0, 0.05) is 31.2 Å². The molecule has 0 unspecified atom stereocenters. The van der Waals surface area contributed by atoms with Gasteiger partial charge < -0.3 is 4.74 Å². The minimum Gasteiger partial charge on any atom is -0.468 e. The number of hydrogen-bond acceptors (Lipinski definition) is 5. The lowest BCUT2D eigenvalue weighted by Crippen LogP contribution is -2.51. The van der Waals surface area contributed by atoms with Gasteiger partial charge in [-0.15, -0.1) is 0 Å². The van der Waals surface area contributed by atoms with Crippen LogP contribution in [0.15, 0.2) is 47.4 Å². The van der Waals surface area contributed by atoms with Crippen molar-refractivity contribution in [2.75, 3.05) is 33.3 Å². The minimum atomic E-state index is -3.98. The number of carbonyl (C=O) groups is 1. The van der Waals surface area contributed by atoms with E-state index in [-0.39, 0.29) is 31.1 Å². The van der Waals surface area contributed by atoms with Crippen LogP contribution in [0.5, 0.6) is 0 Å². The van der Waals surface area contributed by atoms with E-state index in [1.165, 1.54) is 11.4 Å². The quantitative estimate of drug-likeness (QED) is 0.663. The summed E-state index contributed by atoms with van der Waals surface area (Å²) in [6, 6.07) is 8.54. The highest BCUT2D eigenvalue weighted by Gasteiger charge is 2.35. The summed E-state index contributed by atoms with van der Waals surface area (Å²) < 4.78 is 58.2. The van der Waals surface area contributed by atoms with Crippen LogP contribution in [0.4, 0.5) is 8.78 Å². The van der Waals surface area contributed by atoms with Crippen molar-refractivity contribution in [1.29, 1.82) is 0 Å². The molecule has 0 aliphatic carbocycles. The molecule has 0 amide bonds. The molecule has 10 heteroatoms. The fourth-order valence-electron chi connectivity index (χ4n) is 3.24. The number of carbonyl (C=O) groups excluding carboxylic acids is 1. The van der Waals surface area contributed by atoms with Crippen molar-refractivity contribution in [2.24, 2.45) is 0 Å². The van der Waals surface area contributed by atoms with Gasteiger partial charge in [0.25, 0.3) is 0 Å². The SMILES string of the molecule is COC(=O)[C@H](c1ccc(Cl)cc1)N1CCN(S(=O)(=O)c2ccc(F)c(F)c2)CC1. The molecule has 1 saturated heterocycles. The minimum absolute atomic E-state index is 0.0857. The number of benzene rings is 2. The van der Waals surface area contributed by atoms with Crippen molar-refractivity contribution in [2.45, 2.75) is 10.9 Å². The lowest BCUT2D eigenvalue weighted by Gasteiger charge is -2.37. The first-order valence-electron chi connectivity index (χ1n) is 8.76. The number of hydrogen-bond donors (Lipinski definition) is 0. The van der Waals surface area contributed by atoms with Crippen LogP contribution in [0.1, 0.15) is 11.6 Å². The van der Waals surface area contributed by atoms with Crippen LogP contribution in [0.2, 0.25) is 5.02 Å². The fraction of sp³-hybridized carbons (Fsp3) is 0.316. The van der Waals surface area contributed by atoms with E-state index in [2.05, 4.69) is 0 Å². The number of rotatable bonds is 5. The zero-order valence-electron chi connectivity index (χ0n) is 15.5. The maximum atomic E-state index is 13.5. The molecule has 1 heterocycles. The predicted molar refractivity (Wildman–Crippen MR) is 103 cm³/mol. The second-order valence-corrected chi connectivity index (χ2v) is 8.87. The third-order valence-corrected chi connectivity index (χ3v) is 6.92. The van der Waals surface area contributed by atoms with Gasteiger partial charge in [-0.1, -0.05) is 23.7 Å². The number of esters is 1. The molecule has 2 aromatic carbocycles. The molecule has 1 aliphatic rings. The zero-order valence-corrected chi connectivity index (χ0v) is 17.1. The van der Waals surface area contributed by atoms with Crippen LogP contribution in [-0.4, -0.2) is 56.9 Å². The van der Waals surface area contributed by atoms with Crippen LogP contribution in [0.25, 0.3) is 0 Å². The maximum Gasteiger partial charge on any atom is 0.327 e. The molecular formula is C19H19ClF2N2O4S. The number of nitrogens with zero attached hydrogens (tertiary/aromatic N) is 2. The third-order valence-electron chi connectivity index (χ3n) is 4.78. The second kappa shape index (κ2) is 8.74. The van der Waals surface area contributed by atoms with Gasteiger partial charge >= 0.3 is 5.97 Å². The van der Waals surface area contributed by atoms with E-state index in [0.29, 0.717) is 16.7 Å². The molecule has 0 spiro atoms.